The van der Waals surface area contributed by atoms with Crippen molar-refractivity contribution >= 4 is 5.97 Å². The van der Waals surface area contributed by atoms with Gasteiger partial charge in [0.2, 0.25) is 0 Å². The second kappa shape index (κ2) is 13.0. The Morgan fingerprint density at radius 3 is 2.71 bits per heavy atom. The van der Waals surface area contributed by atoms with E-state index in [4.69, 9.17) is 9.84 Å². The fourth-order valence-corrected chi connectivity index (χ4v) is 2.44. The van der Waals surface area contributed by atoms with Crippen molar-refractivity contribution in [1.29, 1.82) is 0 Å². The van der Waals surface area contributed by atoms with E-state index in [1.165, 1.54) is 12.8 Å². The molecule has 0 aromatic heterocycles. The van der Waals surface area contributed by atoms with Crippen molar-refractivity contribution in [3.63, 3.8) is 0 Å². The van der Waals surface area contributed by atoms with Crippen LogP contribution in [0, 0.1) is 0 Å². The van der Waals surface area contributed by atoms with Crippen molar-refractivity contribution in [1.82, 2.24) is 0 Å². The van der Waals surface area contributed by atoms with Crippen molar-refractivity contribution in [2.75, 3.05) is 0 Å². The van der Waals surface area contributed by atoms with Crippen LogP contribution in [0.5, 0.6) is 0 Å². The van der Waals surface area contributed by atoms with E-state index in [0.717, 1.165) is 32.1 Å². The molecule has 1 rings (SSSR count). The smallest absolute Gasteiger partial charge is 0.303 e. The van der Waals surface area contributed by atoms with Crippen molar-refractivity contribution < 1.29 is 19.7 Å². The molecule has 1 saturated heterocycles. The first-order valence-electron chi connectivity index (χ1n) is 9.17. The van der Waals surface area contributed by atoms with Crippen LogP contribution in [0.4, 0.5) is 0 Å². The molecule has 0 aromatic rings. The van der Waals surface area contributed by atoms with E-state index in [1.54, 1.807) is 0 Å². The number of aliphatic hydroxyl groups is 1. The van der Waals surface area contributed by atoms with Gasteiger partial charge in [0.1, 0.15) is 6.10 Å². The van der Waals surface area contributed by atoms with Crippen molar-refractivity contribution in [3.05, 3.63) is 36.5 Å². The van der Waals surface area contributed by atoms with Gasteiger partial charge in [-0.25, -0.2) is 0 Å². The third kappa shape index (κ3) is 11.2. The zero-order chi connectivity index (χ0) is 17.6. The maximum Gasteiger partial charge on any atom is 0.303 e. The number of carbonyl (C=O) groups is 1. The lowest BCUT2D eigenvalue weighted by atomic mass is 10.1. The average Bonchev–Trinajstić information content (AvgIpc) is 3.30. The molecule has 24 heavy (non-hydrogen) atoms. The second-order valence-electron chi connectivity index (χ2n) is 6.29. The maximum atomic E-state index is 10.3. The number of carboxylic acids is 1. The molecule has 4 heteroatoms. The largest absolute Gasteiger partial charge is 0.481 e. The monoisotopic (exact) mass is 336 g/mol. The molecule has 4 nitrogen and oxygen atoms in total. The van der Waals surface area contributed by atoms with Crippen LogP contribution in [0.2, 0.25) is 0 Å². The molecule has 0 aromatic carbocycles. The quantitative estimate of drug-likeness (QED) is 0.280. The van der Waals surface area contributed by atoms with E-state index in [-0.39, 0.29) is 24.7 Å². The average molecular weight is 336 g/mol. The summed E-state index contributed by atoms with van der Waals surface area (Å²) >= 11 is 0. The molecule has 1 aliphatic heterocycles. The highest BCUT2D eigenvalue weighted by Gasteiger charge is 2.34. The van der Waals surface area contributed by atoms with Gasteiger partial charge in [0.05, 0.1) is 12.2 Å². The lowest BCUT2D eigenvalue weighted by Gasteiger charge is -2.03. The number of hydrogen-bond acceptors (Lipinski definition) is 3. The molecule has 0 radical (unpaired) electrons. The zero-order valence-corrected chi connectivity index (χ0v) is 14.8. The number of allylic oxidation sites excluding steroid dienone is 3. The molecule has 2 N–H and O–H groups in total. The summed E-state index contributed by atoms with van der Waals surface area (Å²) < 4.78 is 5.55. The normalized spacial score (nSPS) is 21.9. The molecular weight excluding hydrogens is 304 g/mol. The molecule has 0 spiro atoms. The zero-order valence-electron chi connectivity index (χ0n) is 14.8. The fraction of sp³-hybridized carbons (Fsp3) is 0.650. The molecule has 136 valence electrons. The molecule has 0 saturated carbocycles. The van der Waals surface area contributed by atoms with E-state index >= 15 is 0 Å². The van der Waals surface area contributed by atoms with Crippen LogP contribution in [0.25, 0.3) is 0 Å². The summed E-state index contributed by atoms with van der Waals surface area (Å²) in [6.07, 6.45) is 20.0. The Kier molecular flexibility index (Phi) is 11.2. The fourth-order valence-electron chi connectivity index (χ4n) is 2.44. The van der Waals surface area contributed by atoms with Gasteiger partial charge in [0.25, 0.3) is 0 Å². The summed E-state index contributed by atoms with van der Waals surface area (Å²) in [7, 11) is 0. The van der Waals surface area contributed by atoms with Crippen LogP contribution in [0.3, 0.4) is 0 Å². The lowest BCUT2D eigenvalue weighted by Crippen LogP contribution is -2.02. The summed E-state index contributed by atoms with van der Waals surface area (Å²) in [5, 5.41) is 18.3. The summed E-state index contributed by atoms with van der Waals surface area (Å²) in [5.41, 5.74) is 0. The first-order chi connectivity index (χ1) is 11.6. The minimum absolute atomic E-state index is 0.155. The number of aliphatic carboxylic acids is 1. The molecule has 0 aliphatic carbocycles. The van der Waals surface area contributed by atoms with Gasteiger partial charge in [-0.05, 0) is 32.1 Å². The molecular formula is C20H32O4. The minimum atomic E-state index is -0.732. The van der Waals surface area contributed by atoms with Gasteiger partial charge in [-0.3, -0.25) is 4.79 Å². The Morgan fingerprint density at radius 2 is 1.96 bits per heavy atom. The first kappa shape index (κ1) is 20.7. The highest BCUT2D eigenvalue weighted by Crippen LogP contribution is 2.27. The highest BCUT2D eigenvalue weighted by atomic mass is 16.6. The van der Waals surface area contributed by atoms with Crippen molar-refractivity contribution in [3.8, 4) is 0 Å². The lowest BCUT2D eigenvalue weighted by molar-refractivity contribution is -0.137. The molecule has 0 bridgehead atoms. The van der Waals surface area contributed by atoms with E-state index in [9.17, 15) is 9.90 Å². The first-order valence-corrected chi connectivity index (χ1v) is 9.17. The van der Waals surface area contributed by atoms with E-state index in [0.29, 0.717) is 6.42 Å². The summed E-state index contributed by atoms with van der Waals surface area (Å²) in [6.45, 7) is 2.16. The third-order valence-electron chi connectivity index (χ3n) is 3.98. The molecule has 1 aliphatic rings. The van der Waals surface area contributed by atoms with E-state index in [2.05, 4.69) is 25.2 Å². The van der Waals surface area contributed by atoms with Crippen LogP contribution in [-0.2, 0) is 9.53 Å². The number of hydrogen-bond donors (Lipinski definition) is 2. The van der Waals surface area contributed by atoms with E-state index < -0.39 is 5.97 Å². The SMILES string of the molecule is CCCCC[C@H](O)/C=C/C1OC1C/C=C\C/C=C\CCCC(=O)O. The predicted molar refractivity (Wildman–Crippen MR) is 97.0 cm³/mol. The second-order valence-corrected chi connectivity index (χ2v) is 6.29. The molecule has 1 heterocycles. The third-order valence-corrected chi connectivity index (χ3v) is 3.98. The van der Waals surface area contributed by atoms with Crippen molar-refractivity contribution in [2.24, 2.45) is 0 Å². The van der Waals surface area contributed by atoms with E-state index in [1.807, 2.05) is 18.2 Å². The molecule has 3 atom stereocenters. The number of ether oxygens (including phenoxy) is 1. The number of rotatable bonds is 14. The number of unbranched alkanes of at least 4 members (excludes halogenated alkanes) is 3. The predicted octanol–water partition coefficient (Wildman–Crippen LogP) is 4.40. The minimum Gasteiger partial charge on any atom is -0.481 e. The summed E-state index contributed by atoms with van der Waals surface area (Å²) in [4.78, 5) is 10.3. The summed E-state index contributed by atoms with van der Waals surface area (Å²) in [5.74, 6) is -0.732. The molecule has 2 unspecified atom stereocenters. The number of aliphatic hydroxyl groups excluding tert-OH is 1. The van der Waals surface area contributed by atoms with Gasteiger partial charge in [0.15, 0.2) is 0 Å². The number of epoxide rings is 1. The van der Waals surface area contributed by atoms with Gasteiger partial charge < -0.3 is 14.9 Å². The summed E-state index contributed by atoms with van der Waals surface area (Å²) in [6, 6.07) is 0. The number of carboxylic acid groups (broad SMARTS) is 1. The Hall–Kier alpha value is -1.39. The highest BCUT2D eigenvalue weighted by molar-refractivity contribution is 5.66. The molecule has 1 fully saturated rings. The van der Waals surface area contributed by atoms with Gasteiger partial charge in [0, 0.05) is 6.42 Å². The maximum absolute atomic E-state index is 10.3. The van der Waals surface area contributed by atoms with Crippen LogP contribution < -0.4 is 0 Å². The Morgan fingerprint density at radius 1 is 1.17 bits per heavy atom. The Balaban J connectivity index is 2.01. The molecule has 0 amide bonds. The van der Waals surface area contributed by atoms with Crippen LogP contribution in [-0.4, -0.2) is 34.5 Å². The van der Waals surface area contributed by atoms with Gasteiger partial charge in [-0.2, -0.15) is 0 Å². The Bertz CT molecular complexity index is 425. The van der Waals surface area contributed by atoms with Gasteiger partial charge in [-0.15, -0.1) is 0 Å². The van der Waals surface area contributed by atoms with Crippen LogP contribution in [0.15, 0.2) is 36.5 Å². The standard InChI is InChI=1S/C20H32O4/c1-2-3-9-12-17(21)15-16-19-18(24-19)13-10-7-5-4-6-8-11-14-20(22)23/h4,6-7,10,15-19,21H,2-3,5,8-9,11-14H2,1H3,(H,22,23)/b6-4-,10-7-,16-15+/t17-,18?,19?/m0/s1. The van der Waals surface area contributed by atoms with Gasteiger partial charge >= 0.3 is 5.97 Å². The van der Waals surface area contributed by atoms with Gasteiger partial charge in [-0.1, -0.05) is 62.6 Å². The van der Waals surface area contributed by atoms with Crippen LogP contribution in [0.1, 0.15) is 64.7 Å². The topological polar surface area (TPSA) is 70.1 Å². The Labute approximate surface area is 145 Å². The van der Waals surface area contributed by atoms with Crippen LogP contribution >= 0.6 is 0 Å². The van der Waals surface area contributed by atoms with Crippen molar-refractivity contribution in [2.45, 2.75) is 83.0 Å².